The van der Waals surface area contributed by atoms with Crippen molar-refractivity contribution in [3.05, 3.63) is 22.8 Å². The maximum Gasteiger partial charge on any atom is 0.125 e. The molecule has 1 rings (SSSR count). The topological polar surface area (TPSA) is 47.3 Å². The van der Waals surface area contributed by atoms with Crippen molar-refractivity contribution in [1.82, 2.24) is 0 Å². The van der Waals surface area contributed by atoms with Gasteiger partial charge in [-0.3, -0.25) is 0 Å². The molecule has 17 heavy (non-hydrogen) atoms. The lowest BCUT2D eigenvalue weighted by Crippen LogP contribution is -2.19. The molecule has 1 aromatic rings. The number of anilines is 1. The zero-order valence-electron chi connectivity index (χ0n) is 11.6. The Morgan fingerprint density at radius 2 is 1.94 bits per heavy atom. The van der Waals surface area contributed by atoms with Crippen LogP contribution in [0.3, 0.4) is 0 Å². The third-order valence-electron chi connectivity index (χ3n) is 3.15. The van der Waals surface area contributed by atoms with Crippen LogP contribution >= 0.6 is 0 Å². The number of hydrogen-bond donors (Lipinski definition) is 2. The van der Waals surface area contributed by atoms with Crippen LogP contribution in [0, 0.1) is 20.8 Å². The summed E-state index contributed by atoms with van der Waals surface area (Å²) in [5.41, 5.74) is 10.5. The highest BCUT2D eigenvalue weighted by Crippen LogP contribution is 2.31. The first-order valence-corrected chi connectivity index (χ1v) is 6.11. The molecule has 0 saturated carbocycles. The third kappa shape index (κ3) is 3.37. The van der Waals surface area contributed by atoms with Crippen molar-refractivity contribution >= 4 is 5.69 Å². The Morgan fingerprint density at radius 3 is 2.47 bits per heavy atom. The summed E-state index contributed by atoms with van der Waals surface area (Å²) >= 11 is 0. The smallest absolute Gasteiger partial charge is 0.125 e. The first kappa shape index (κ1) is 13.8. The van der Waals surface area contributed by atoms with Crippen LogP contribution in [0.25, 0.3) is 0 Å². The third-order valence-corrected chi connectivity index (χ3v) is 3.15. The lowest BCUT2D eigenvalue weighted by molar-refractivity contribution is 0.408. The normalized spacial score (nSPS) is 12.4. The number of aryl methyl sites for hydroxylation is 1. The van der Waals surface area contributed by atoms with Crippen LogP contribution in [-0.2, 0) is 0 Å². The second-order valence-corrected chi connectivity index (χ2v) is 4.72. The summed E-state index contributed by atoms with van der Waals surface area (Å²) in [6, 6.07) is 2.38. The van der Waals surface area contributed by atoms with E-state index in [1.54, 1.807) is 7.11 Å². The molecule has 3 nitrogen and oxygen atoms in total. The molecule has 1 aromatic carbocycles. The summed E-state index contributed by atoms with van der Waals surface area (Å²) < 4.78 is 5.41. The summed E-state index contributed by atoms with van der Waals surface area (Å²) in [5, 5.41) is 3.44. The zero-order valence-corrected chi connectivity index (χ0v) is 11.6. The molecule has 0 aliphatic rings. The Hall–Kier alpha value is -1.22. The van der Waals surface area contributed by atoms with Crippen molar-refractivity contribution in [3.8, 4) is 5.75 Å². The fourth-order valence-corrected chi connectivity index (χ4v) is 1.99. The maximum atomic E-state index is 5.74. The van der Waals surface area contributed by atoms with Gasteiger partial charge >= 0.3 is 0 Å². The second-order valence-electron chi connectivity index (χ2n) is 4.72. The van der Waals surface area contributed by atoms with E-state index in [0.717, 1.165) is 18.7 Å². The fraction of sp³-hybridized carbons (Fsp3) is 0.571. The Bertz CT molecular complexity index is 386. The standard InChI is InChI=1S/C14H24N2O/c1-9-8-13(16-7-6-10(2)15)11(3)12(4)14(9)17-5/h8,10,16H,6-7,15H2,1-5H3. The molecule has 0 heterocycles. The van der Waals surface area contributed by atoms with Gasteiger partial charge in [0.15, 0.2) is 0 Å². The van der Waals surface area contributed by atoms with Crippen LogP contribution in [0.1, 0.15) is 30.0 Å². The average Bonchev–Trinajstić information content (AvgIpc) is 2.25. The van der Waals surface area contributed by atoms with Gasteiger partial charge in [-0.1, -0.05) is 0 Å². The number of nitrogens with two attached hydrogens (primary N) is 1. The van der Waals surface area contributed by atoms with E-state index in [-0.39, 0.29) is 6.04 Å². The minimum absolute atomic E-state index is 0.239. The molecular formula is C14H24N2O. The molecule has 3 heteroatoms. The fourth-order valence-electron chi connectivity index (χ4n) is 1.99. The minimum atomic E-state index is 0.239. The minimum Gasteiger partial charge on any atom is -0.496 e. The summed E-state index contributed by atoms with van der Waals surface area (Å²) in [5.74, 6) is 0.986. The van der Waals surface area contributed by atoms with E-state index in [1.807, 2.05) is 6.92 Å². The average molecular weight is 236 g/mol. The number of rotatable bonds is 5. The molecule has 0 radical (unpaired) electrons. The van der Waals surface area contributed by atoms with Crippen LogP contribution in [0.5, 0.6) is 5.75 Å². The number of nitrogens with one attached hydrogen (secondary N) is 1. The Morgan fingerprint density at radius 1 is 1.29 bits per heavy atom. The molecule has 3 N–H and O–H groups in total. The summed E-state index contributed by atoms with van der Waals surface area (Å²) in [4.78, 5) is 0. The van der Waals surface area contributed by atoms with E-state index in [2.05, 4.69) is 32.2 Å². The number of ether oxygens (including phenoxy) is 1. The highest BCUT2D eigenvalue weighted by Gasteiger charge is 2.10. The molecule has 0 amide bonds. The molecule has 0 aliphatic carbocycles. The Balaban J connectivity index is 2.87. The molecule has 96 valence electrons. The van der Waals surface area contributed by atoms with E-state index in [4.69, 9.17) is 10.5 Å². The quantitative estimate of drug-likeness (QED) is 0.826. The molecule has 0 bridgehead atoms. The van der Waals surface area contributed by atoms with Crippen LogP contribution in [0.15, 0.2) is 6.07 Å². The maximum absolute atomic E-state index is 5.74. The summed E-state index contributed by atoms with van der Waals surface area (Å²) in [6.45, 7) is 9.22. The van der Waals surface area contributed by atoms with Gasteiger partial charge in [0.1, 0.15) is 5.75 Å². The highest BCUT2D eigenvalue weighted by atomic mass is 16.5. The van der Waals surface area contributed by atoms with E-state index >= 15 is 0 Å². The number of hydrogen-bond acceptors (Lipinski definition) is 3. The lowest BCUT2D eigenvalue weighted by Gasteiger charge is -2.17. The van der Waals surface area contributed by atoms with E-state index < -0.39 is 0 Å². The molecule has 0 fully saturated rings. The molecule has 0 saturated heterocycles. The van der Waals surface area contributed by atoms with Gasteiger partial charge in [-0.15, -0.1) is 0 Å². The van der Waals surface area contributed by atoms with Gasteiger partial charge in [0, 0.05) is 18.3 Å². The highest BCUT2D eigenvalue weighted by molar-refractivity contribution is 5.61. The number of methoxy groups -OCH3 is 1. The predicted octanol–water partition coefficient (Wildman–Crippen LogP) is 2.77. The Kier molecular flexibility index (Phi) is 4.82. The first-order chi connectivity index (χ1) is 7.97. The summed E-state index contributed by atoms with van der Waals surface area (Å²) in [6.07, 6.45) is 0.976. The molecule has 1 unspecified atom stereocenters. The van der Waals surface area contributed by atoms with E-state index in [9.17, 15) is 0 Å². The van der Waals surface area contributed by atoms with Gasteiger partial charge in [-0.05, 0) is 56.9 Å². The van der Waals surface area contributed by atoms with Crippen molar-refractivity contribution in [1.29, 1.82) is 0 Å². The Labute approximate surface area is 104 Å². The predicted molar refractivity (Wildman–Crippen MR) is 74.0 cm³/mol. The van der Waals surface area contributed by atoms with Crippen molar-refractivity contribution in [2.24, 2.45) is 5.73 Å². The molecule has 0 spiro atoms. The van der Waals surface area contributed by atoms with Crippen molar-refractivity contribution in [3.63, 3.8) is 0 Å². The van der Waals surface area contributed by atoms with Crippen LogP contribution in [0.4, 0.5) is 5.69 Å². The lowest BCUT2D eigenvalue weighted by atomic mass is 10.0. The summed E-state index contributed by atoms with van der Waals surface area (Å²) in [7, 11) is 1.72. The largest absolute Gasteiger partial charge is 0.496 e. The zero-order chi connectivity index (χ0) is 13.0. The van der Waals surface area contributed by atoms with E-state index in [0.29, 0.717) is 0 Å². The van der Waals surface area contributed by atoms with Crippen LogP contribution in [0.2, 0.25) is 0 Å². The van der Waals surface area contributed by atoms with Gasteiger partial charge < -0.3 is 15.8 Å². The number of benzene rings is 1. The van der Waals surface area contributed by atoms with Gasteiger partial charge in [-0.25, -0.2) is 0 Å². The monoisotopic (exact) mass is 236 g/mol. The SMILES string of the molecule is COc1c(C)cc(NCCC(C)N)c(C)c1C. The first-order valence-electron chi connectivity index (χ1n) is 6.11. The van der Waals surface area contributed by atoms with E-state index in [1.165, 1.54) is 22.4 Å². The van der Waals surface area contributed by atoms with Crippen LogP contribution in [-0.4, -0.2) is 19.7 Å². The molecule has 0 aromatic heterocycles. The van der Waals surface area contributed by atoms with Crippen molar-refractivity contribution in [2.75, 3.05) is 19.0 Å². The second kappa shape index (κ2) is 5.92. The van der Waals surface area contributed by atoms with Gasteiger partial charge in [0.05, 0.1) is 7.11 Å². The molecule has 0 aliphatic heterocycles. The molecular weight excluding hydrogens is 212 g/mol. The van der Waals surface area contributed by atoms with Gasteiger partial charge in [0.2, 0.25) is 0 Å². The van der Waals surface area contributed by atoms with Gasteiger partial charge in [-0.2, -0.15) is 0 Å². The van der Waals surface area contributed by atoms with Crippen LogP contribution < -0.4 is 15.8 Å². The van der Waals surface area contributed by atoms with Crippen molar-refractivity contribution in [2.45, 2.75) is 40.2 Å². The van der Waals surface area contributed by atoms with Crippen molar-refractivity contribution < 1.29 is 4.74 Å². The van der Waals surface area contributed by atoms with Gasteiger partial charge in [0.25, 0.3) is 0 Å². The molecule has 1 atom stereocenters.